The quantitative estimate of drug-likeness (QED) is 0.162. The van der Waals surface area contributed by atoms with Crippen LogP contribution in [0.3, 0.4) is 0 Å². The molecule has 0 N–H and O–H groups in total. The maximum atomic E-state index is 7.18. The molecule has 6 nitrogen and oxygen atoms in total. The van der Waals surface area contributed by atoms with Crippen LogP contribution in [0.15, 0.2) is 218 Å². The summed E-state index contributed by atoms with van der Waals surface area (Å²) in [4.78, 5) is 0. The lowest BCUT2D eigenvalue weighted by Crippen LogP contribution is -2.58. The van der Waals surface area contributed by atoms with Crippen molar-refractivity contribution in [2.24, 2.45) is 0 Å². The Morgan fingerprint density at radius 1 is 0.257 bits per heavy atom. The van der Waals surface area contributed by atoms with Gasteiger partial charge in [0.05, 0.1) is 55.5 Å². The molecular formula is C66H36B2N4O2. The van der Waals surface area contributed by atoms with Gasteiger partial charge in [-0.1, -0.05) is 146 Å². The molecule has 15 aromatic rings. The van der Waals surface area contributed by atoms with E-state index in [1.807, 2.05) is 0 Å². The molecule has 4 aliphatic heterocycles. The van der Waals surface area contributed by atoms with Crippen molar-refractivity contribution in [2.75, 3.05) is 0 Å². The highest BCUT2D eigenvalue weighted by Crippen LogP contribution is 2.49. The highest BCUT2D eigenvalue weighted by atomic mass is 16.5. The van der Waals surface area contributed by atoms with E-state index >= 15 is 0 Å². The second kappa shape index (κ2) is 13.2. The van der Waals surface area contributed by atoms with Gasteiger partial charge < -0.3 is 27.7 Å². The number of benzene rings is 11. The number of fused-ring (bicyclic) bond motifs is 22. The summed E-state index contributed by atoms with van der Waals surface area (Å²) in [6, 6.07) is 80.7. The highest BCUT2D eigenvalue weighted by Gasteiger charge is 2.44. The lowest BCUT2D eigenvalue weighted by molar-refractivity contribution is 0.487. The third-order valence-electron chi connectivity index (χ3n) is 17.2. The first kappa shape index (κ1) is 38.1. The number of hydrogen-bond donors (Lipinski definition) is 0. The molecule has 0 spiro atoms. The Hall–Kier alpha value is -9.65. The number of nitrogens with zero attached hydrogens (tertiary/aromatic N) is 4. The Morgan fingerprint density at radius 2 is 0.595 bits per heavy atom. The average molecular weight is 939 g/mol. The summed E-state index contributed by atoms with van der Waals surface area (Å²) in [6.07, 6.45) is 0. The molecule has 0 fully saturated rings. The molecule has 19 rings (SSSR count). The Kier molecular flexibility index (Phi) is 6.82. The second-order valence-corrected chi connectivity index (χ2v) is 20.6. The van der Waals surface area contributed by atoms with Crippen molar-refractivity contribution >= 4 is 133 Å². The number of rotatable bonds is 2. The van der Waals surface area contributed by atoms with Gasteiger partial charge in [0.25, 0.3) is 13.4 Å². The zero-order chi connectivity index (χ0) is 47.7. The van der Waals surface area contributed by atoms with Crippen molar-refractivity contribution in [3.8, 4) is 45.7 Å². The summed E-state index contributed by atoms with van der Waals surface area (Å²) in [5.74, 6) is 3.60. The smallest absolute Gasteiger partial charge is 0.256 e. The minimum atomic E-state index is -0.0209. The van der Waals surface area contributed by atoms with Gasteiger partial charge in [-0.2, -0.15) is 0 Å². The predicted octanol–water partition coefficient (Wildman–Crippen LogP) is 11.9. The standard InChI is InChI=1S/C66H36B2N4O2/c1-9-25-47-37(17-1)38-18-2-10-26-48(38)69(47)55-35-59-63-65-61(55)41-33-54-42(34-53(41)71(65)51-29-13-5-21-43(51)67(63)45-23-7-15-31-57(45)73-59)62-56(70-49-27-11-3-19-39(49)40-20-4-12-28-50(40)70)36-60-64-66(62)72(54)52-30-14-6-22-44(52)68(64)46-24-8-16-32-58(46)74-60/h1-36H. The molecule has 0 atom stereocenters. The Bertz CT molecular complexity index is 4700. The maximum Gasteiger partial charge on any atom is 0.256 e. The van der Waals surface area contributed by atoms with Crippen LogP contribution in [0.5, 0.6) is 23.0 Å². The van der Waals surface area contributed by atoms with E-state index in [1.165, 1.54) is 98.3 Å². The lowest BCUT2D eigenvalue weighted by Gasteiger charge is -2.33. The average Bonchev–Trinajstić information content (AvgIpc) is 4.27. The summed E-state index contributed by atoms with van der Waals surface area (Å²) in [5, 5.41) is 9.68. The Labute approximate surface area is 423 Å². The van der Waals surface area contributed by atoms with Gasteiger partial charge in [-0.3, -0.25) is 0 Å². The number of hydrogen-bond acceptors (Lipinski definition) is 2. The molecule has 0 saturated carbocycles. The van der Waals surface area contributed by atoms with Crippen LogP contribution in [0.1, 0.15) is 0 Å². The number of ether oxygens (including phenoxy) is 2. The van der Waals surface area contributed by atoms with Gasteiger partial charge in [0, 0.05) is 66.6 Å². The van der Waals surface area contributed by atoms with E-state index in [-0.39, 0.29) is 13.4 Å². The van der Waals surface area contributed by atoms with Gasteiger partial charge in [0.2, 0.25) is 0 Å². The summed E-state index contributed by atoms with van der Waals surface area (Å²) in [7, 11) is 0. The third-order valence-corrected chi connectivity index (χ3v) is 17.2. The molecule has 8 heterocycles. The van der Waals surface area contributed by atoms with E-state index in [9.17, 15) is 0 Å². The van der Waals surface area contributed by atoms with Crippen molar-refractivity contribution in [3.05, 3.63) is 218 Å². The van der Waals surface area contributed by atoms with Gasteiger partial charge in [-0.15, -0.1) is 0 Å². The molecule has 0 bridgehead atoms. The fraction of sp³-hybridized carbons (Fsp3) is 0. The van der Waals surface area contributed by atoms with Crippen molar-refractivity contribution < 1.29 is 9.47 Å². The minimum Gasteiger partial charge on any atom is -0.458 e. The van der Waals surface area contributed by atoms with Crippen molar-refractivity contribution in [1.82, 2.24) is 18.3 Å². The van der Waals surface area contributed by atoms with Gasteiger partial charge in [-0.05, 0) is 93.4 Å². The fourth-order valence-electron chi connectivity index (χ4n) is 14.5. The molecule has 8 heteroatoms. The van der Waals surface area contributed by atoms with Crippen molar-refractivity contribution in [3.63, 3.8) is 0 Å². The van der Waals surface area contributed by atoms with E-state index < -0.39 is 0 Å². The first-order valence-corrected chi connectivity index (χ1v) is 25.7. The normalized spacial score (nSPS) is 13.6. The molecule has 4 aromatic heterocycles. The van der Waals surface area contributed by atoms with E-state index in [0.29, 0.717) is 0 Å². The molecule has 338 valence electrons. The molecule has 4 aliphatic rings. The van der Waals surface area contributed by atoms with Crippen LogP contribution in [-0.2, 0) is 0 Å². The van der Waals surface area contributed by atoms with Crippen LogP contribution >= 0.6 is 0 Å². The molecule has 0 aliphatic carbocycles. The molecule has 74 heavy (non-hydrogen) atoms. The Balaban J connectivity index is 1.06. The van der Waals surface area contributed by atoms with Crippen LogP contribution in [0.25, 0.3) is 110 Å². The molecule has 11 aromatic carbocycles. The van der Waals surface area contributed by atoms with Gasteiger partial charge in [0.15, 0.2) is 0 Å². The zero-order valence-corrected chi connectivity index (χ0v) is 39.5. The summed E-state index contributed by atoms with van der Waals surface area (Å²) in [6.45, 7) is -0.0418. The molecule has 0 radical (unpaired) electrons. The van der Waals surface area contributed by atoms with Gasteiger partial charge in [-0.25, -0.2) is 0 Å². The van der Waals surface area contributed by atoms with E-state index in [0.717, 1.165) is 67.5 Å². The van der Waals surface area contributed by atoms with Crippen LogP contribution in [0, 0.1) is 0 Å². The molecule has 0 saturated heterocycles. The SMILES string of the molecule is c1ccc2c(c1)Oc1cc(-n3c4ccccc4c4ccccc43)c3c4cc5c(cc4n4c3c1B2c1ccccc1-4)c1c(-n2c3ccccc3c3ccccc32)cc2c3c1n5-c1ccccc1B3c1ccccc1O2. The molecule has 0 amide bonds. The minimum absolute atomic E-state index is 0.0209. The largest absolute Gasteiger partial charge is 0.458 e. The topological polar surface area (TPSA) is 38.2 Å². The summed E-state index contributed by atoms with van der Waals surface area (Å²) < 4.78 is 24.5. The monoisotopic (exact) mass is 938 g/mol. The summed E-state index contributed by atoms with van der Waals surface area (Å²) >= 11 is 0. The number of para-hydroxylation sites is 8. The predicted molar refractivity (Wildman–Crippen MR) is 306 cm³/mol. The maximum absolute atomic E-state index is 7.18. The van der Waals surface area contributed by atoms with Crippen molar-refractivity contribution in [1.29, 1.82) is 0 Å². The zero-order valence-electron chi connectivity index (χ0n) is 39.5. The van der Waals surface area contributed by atoms with E-state index in [1.54, 1.807) is 0 Å². The van der Waals surface area contributed by atoms with Gasteiger partial charge >= 0.3 is 0 Å². The lowest BCUT2D eigenvalue weighted by atomic mass is 9.34. The first-order valence-electron chi connectivity index (χ1n) is 25.7. The van der Waals surface area contributed by atoms with E-state index in [2.05, 4.69) is 237 Å². The Morgan fingerprint density at radius 3 is 1.00 bits per heavy atom. The van der Waals surface area contributed by atoms with Crippen LogP contribution in [0.2, 0.25) is 0 Å². The summed E-state index contributed by atoms with van der Waals surface area (Å²) in [5.41, 5.74) is 21.2. The van der Waals surface area contributed by atoms with Crippen molar-refractivity contribution in [2.45, 2.75) is 0 Å². The van der Waals surface area contributed by atoms with Crippen LogP contribution < -0.4 is 42.3 Å². The molecule has 0 unspecified atom stereocenters. The first-order chi connectivity index (χ1) is 36.8. The van der Waals surface area contributed by atoms with E-state index in [4.69, 9.17) is 9.47 Å². The fourth-order valence-corrected chi connectivity index (χ4v) is 14.5. The molecular weight excluding hydrogens is 902 g/mol. The van der Waals surface area contributed by atoms with Gasteiger partial charge in [0.1, 0.15) is 23.0 Å². The second-order valence-electron chi connectivity index (χ2n) is 20.6. The third kappa shape index (κ3) is 4.42. The van der Waals surface area contributed by atoms with Crippen LogP contribution in [-0.4, -0.2) is 31.7 Å². The number of aromatic nitrogens is 4. The van der Waals surface area contributed by atoms with Crippen LogP contribution in [0.4, 0.5) is 0 Å². The highest BCUT2D eigenvalue weighted by molar-refractivity contribution is 7.00.